The summed E-state index contributed by atoms with van der Waals surface area (Å²) in [6.45, 7) is 3.71. The molecule has 1 atom stereocenters. The van der Waals surface area contributed by atoms with Gasteiger partial charge in [-0.3, -0.25) is 19.3 Å². The second-order valence-electron chi connectivity index (χ2n) is 9.95. The predicted molar refractivity (Wildman–Crippen MR) is 142 cm³/mol. The van der Waals surface area contributed by atoms with Gasteiger partial charge in [-0.25, -0.2) is 0 Å². The predicted octanol–water partition coefficient (Wildman–Crippen LogP) is 4.08. The maximum atomic E-state index is 13.4. The van der Waals surface area contributed by atoms with E-state index in [0.717, 1.165) is 11.3 Å². The lowest BCUT2D eigenvalue weighted by atomic mass is 9.95. The molecule has 2 N–H and O–H groups in total. The van der Waals surface area contributed by atoms with Crippen LogP contribution >= 0.6 is 22.9 Å². The number of nitrogens with zero attached hydrogens (tertiary/aromatic N) is 2. The van der Waals surface area contributed by atoms with E-state index in [9.17, 15) is 23.2 Å². The fourth-order valence-electron chi connectivity index (χ4n) is 4.02. The average molecular weight is 573 g/mol. The minimum absolute atomic E-state index is 0.00643. The summed E-state index contributed by atoms with van der Waals surface area (Å²) in [4.78, 5) is 41.7. The number of morpholine rings is 1. The zero-order valence-electron chi connectivity index (χ0n) is 21.6. The number of nitrogens with one attached hydrogen (secondary N) is 2. The number of halogens is 3. The summed E-state index contributed by atoms with van der Waals surface area (Å²) < 4.78 is 36.6. The third-order valence-electron chi connectivity index (χ3n) is 5.53. The van der Waals surface area contributed by atoms with Crippen LogP contribution in [0.25, 0.3) is 0 Å². The van der Waals surface area contributed by atoms with Gasteiger partial charge in [0.2, 0.25) is 5.91 Å². The minimum atomic E-state index is -3.14. The molecule has 1 aromatic heterocycles. The number of carbonyl (C=O) groups is 3. The molecule has 0 bridgehead atoms. The van der Waals surface area contributed by atoms with Gasteiger partial charge in [0.25, 0.3) is 11.8 Å². The van der Waals surface area contributed by atoms with E-state index in [2.05, 4.69) is 15.4 Å². The molecule has 3 amide bonds. The van der Waals surface area contributed by atoms with E-state index in [1.54, 1.807) is 19.2 Å². The maximum absolute atomic E-state index is 13.4. The summed E-state index contributed by atoms with van der Waals surface area (Å²) in [6.07, 6.45) is 0. The Labute approximate surface area is 229 Å². The van der Waals surface area contributed by atoms with E-state index in [4.69, 9.17) is 16.3 Å². The number of anilines is 2. The first kappa shape index (κ1) is 29.8. The molecule has 0 radical (unpaired) electrons. The van der Waals surface area contributed by atoms with Gasteiger partial charge in [0.1, 0.15) is 12.6 Å². The second kappa shape index (κ2) is 12.8. The first-order valence-corrected chi connectivity index (χ1v) is 13.0. The van der Waals surface area contributed by atoms with Crippen LogP contribution in [0.5, 0.6) is 5.75 Å². The van der Waals surface area contributed by atoms with E-state index in [-0.39, 0.29) is 54.7 Å². The molecule has 38 heavy (non-hydrogen) atoms. The van der Waals surface area contributed by atoms with Crippen LogP contribution in [0, 0.1) is 5.41 Å². The van der Waals surface area contributed by atoms with E-state index in [1.165, 1.54) is 23.1 Å². The molecule has 0 unspecified atom stereocenters. The highest BCUT2D eigenvalue weighted by Gasteiger charge is 2.29. The van der Waals surface area contributed by atoms with Crippen molar-refractivity contribution in [3.8, 4) is 5.75 Å². The zero-order chi connectivity index (χ0) is 28.0. The summed E-state index contributed by atoms with van der Waals surface area (Å²) in [6, 6.07) is 6.61. The van der Waals surface area contributed by atoms with Crippen molar-refractivity contribution in [3.05, 3.63) is 39.5 Å². The Hall–Kier alpha value is -2.80. The van der Waals surface area contributed by atoms with Crippen LogP contribution in [-0.4, -0.2) is 75.2 Å². The third-order valence-corrected chi connectivity index (χ3v) is 6.76. The normalized spacial score (nSPS) is 15.1. The van der Waals surface area contributed by atoms with Crippen LogP contribution in [0.2, 0.25) is 4.34 Å². The number of hydrogen-bond acceptors (Lipinski definition) is 7. The fourth-order valence-corrected chi connectivity index (χ4v) is 4.98. The van der Waals surface area contributed by atoms with Crippen LogP contribution in [0.15, 0.2) is 30.3 Å². The van der Waals surface area contributed by atoms with Crippen molar-refractivity contribution in [3.63, 3.8) is 0 Å². The first-order valence-electron chi connectivity index (χ1n) is 11.9. The summed E-state index contributed by atoms with van der Waals surface area (Å²) in [5.41, 5.74) is 0.198. The Morgan fingerprint density at radius 1 is 1.26 bits per heavy atom. The summed E-state index contributed by atoms with van der Waals surface area (Å²) in [7, 11) is 1.77. The number of hydrogen-bond donors (Lipinski definition) is 2. The third kappa shape index (κ3) is 8.35. The SMILES string of the molecule is CN(CC(C)(C)C)[C@@H](CNC(=O)c1ccc(Cl)s1)C(=O)Nc1ccc(N2CCOCC2=O)c(OC(F)F)c1. The Morgan fingerprint density at radius 3 is 2.61 bits per heavy atom. The van der Waals surface area contributed by atoms with Gasteiger partial charge in [-0.1, -0.05) is 32.4 Å². The fraction of sp³-hybridized carbons (Fsp3) is 0.480. The van der Waals surface area contributed by atoms with Crippen molar-refractivity contribution in [1.82, 2.24) is 10.2 Å². The number of likely N-dealkylation sites (N-methyl/N-ethyl adjacent to an activating group) is 1. The number of benzene rings is 1. The van der Waals surface area contributed by atoms with Crippen molar-refractivity contribution in [2.45, 2.75) is 33.4 Å². The van der Waals surface area contributed by atoms with Crippen LogP contribution in [0.4, 0.5) is 20.2 Å². The quantitative estimate of drug-likeness (QED) is 0.445. The summed E-state index contributed by atoms with van der Waals surface area (Å²) >= 11 is 7.05. The van der Waals surface area contributed by atoms with E-state index >= 15 is 0 Å². The van der Waals surface area contributed by atoms with Crippen molar-refractivity contribution in [2.75, 3.05) is 50.1 Å². The molecule has 0 aliphatic carbocycles. The largest absolute Gasteiger partial charge is 0.433 e. The Balaban J connectivity index is 1.81. The van der Waals surface area contributed by atoms with Crippen LogP contribution in [0.1, 0.15) is 30.4 Å². The van der Waals surface area contributed by atoms with Gasteiger partial charge < -0.3 is 25.0 Å². The first-order chi connectivity index (χ1) is 17.8. The lowest BCUT2D eigenvalue weighted by Crippen LogP contribution is -2.51. The summed E-state index contributed by atoms with van der Waals surface area (Å²) in [5, 5.41) is 5.50. The van der Waals surface area contributed by atoms with Gasteiger partial charge >= 0.3 is 6.61 Å². The number of carbonyl (C=O) groups excluding carboxylic acids is 3. The lowest BCUT2D eigenvalue weighted by Gasteiger charge is -2.32. The van der Waals surface area contributed by atoms with Gasteiger partial charge in [0.05, 0.1) is 21.5 Å². The molecule has 1 aromatic carbocycles. The molecule has 2 aromatic rings. The van der Waals surface area contributed by atoms with Gasteiger partial charge in [-0.15, -0.1) is 11.3 Å². The van der Waals surface area contributed by atoms with Gasteiger partial charge in [0.15, 0.2) is 5.75 Å². The second-order valence-corrected chi connectivity index (χ2v) is 11.7. The standard InChI is InChI=1S/C25H31ClF2N4O5S/c1-25(2,3)14-31(4)17(12-29-23(35)19-7-8-20(26)38-19)22(34)30-15-5-6-16(18(11-15)37-24(27)28)32-9-10-36-13-21(32)33/h5-8,11,17,24H,9-10,12-14H2,1-4H3,(H,29,35)(H,30,34)/t17-/m0/s1. The molecular weight excluding hydrogens is 542 g/mol. The minimum Gasteiger partial charge on any atom is -0.433 e. The number of alkyl halides is 2. The Morgan fingerprint density at radius 2 is 2.00 bits per heavy atom. The topological polar surface area (TPSA) is 100 Å². The molecule has 3 rings (SSSR count). The van der Waals surface area contributed by atoms with Gasteiger partial charge in [-0.05, 0) is 36.7 Å². The van der Waals surface area contributed by atoms with Crippen LogP contribution in [0.3, 0.4) is 0 Å². The van der Waals surface area contributed by atoms with E-state index in [1.807, 2.05) is 25.7 Å². The molecule has 1 saturated heterocycles. The van der Waals surface area contributed by atoms with Crippen molar-refractivity contribution in [2.24, 2.45) is 5.41 Å². The summed E-state index contributed by atoms with van der Waals surface area (Å²) in [5.74, 6) is -1.47. The Bertz CT molecular complexity index is 1160. The number of ether oxygens (including phenoxy) is 2. The van der Waals surface area contributed by atoms with E-state index in [0.29, 0.717) is 15.8 Å². The number of amides is 3. The van der Waals surface area contributed by atoms with Crippen molar-refractivity contribution in [1.29, 1.82) is 0 Å². The molecule has 1 aliphatic rings. The maximum Gasteiger partial charge on any atom is 0.387 e. The molecule has 208 valence electrons. The smallest absolute Gasteiger partial charge is 0.387 e. The highest BCUT2D eigenvalue weighted by molar-refractivity contribution is 7.18. The number of rotatable bonds is 10. The van der Waals surface area contributed by atoms with Gasteiger partial charge in [-0.2, -0.15) is 8.78 Å². The van der Waals surface area contributed by atoms with Gasteiger partial charge in [0, 0.05) is 31.4 Å². The Kier molecular flexibility index (Phi) is 10.0. The monoisotopic (exact) mass is 572 g/mol. The molecule has 13 heteroatoms. The van der Waals surface area contributed by atoms with Crippen molar-refractivity contribution < 1.29 is 32.6 Å². The molecule has 9 nitrogen and oxygen atoms in total. The highest BCUT2D eigenvalue weighted by atomic mass is 35.5. The zero-order valence-corrected chi connectivity index (χ0v) is 23.1. The molecule has 1 aliphatic heterocycles. The molecule has 1 fully saturated rings. The molecule has 0 saturated carbocycles. The number of thiophene rings is 1. The highest BCUT2D eigenvalue weighted by Crippen LogP contribution is 2.34. The molecule has 2 heterocycles. The van der Waals surface area contributed by atoms with Crippen LogP contribution < -0.4 is 20.3 Å². The lowest BCUT2D eigenvalue weighted by molar-refractivity contribution is -0.126. The van der Waals surface area contributed by atoms with E-state index < -0.39 is 24.5 Å². The molecule has 0 spiro atoms. The molecular formula is C25H31ClF2N4O5S. The average Bonchev–Trinajstić information content (AvgIpc) is 3.25. The van der Waals surface area contributed by atoms with Crippen LogP contribution in [-0.2, 0) is 14.3 Å². The van der Waals surface area contributed by atoms with Crippen molar-refractivity contribution >= 4 is 52.0 Å².